The zero-order chi connectivity index (χ0) is 24.1. The summed E-state index contributed by atoms with van der Waals surface area (Å²) in [6, 6.07) is 14.0. The Balaban J connectivity index is 1.66. The van der Waals surface area contributed by atoms with Gasteiger partial charge >= 0.3 is 0 Å². The van der Waals surface area contributed by atoms with Gasteiger partial charge in [0.1, 0.15) is 0 Å². The molecule has 1 aliphatic rings. The molecule has 0 spiro atoms. The lowest BCUT2D eigenvalue weighted by molar-refractivity contribution is 0.0730. The van der Waals surface area contributed by atoms with Gasteiger partial charge in [-0.25, -0.2) is 8.42 Å². The fourth-order valence-electron chi connectivity index (χ4n) is 4.22. The van der Waals surface area contributed by atoms with Crippen molar-refractivity contribution in [1.29, 1.82) is 0 Å². The van der Waals surface area contributed by atoms with Gasteiger partial charge in [0.2, 0.25) is 10.0 Å². The van der Waals surface area contributed by atoms with E-state index in [0.29, 0.717) is 37.6 Å². The van der Waals surface area contributed by atoms with Crippen molar-refractivity contribution in [2.24, 2.45) is 0 Å². The van der Waals surface area contributed by atoms with E-state index < -0.39 is 10.0 Å². The van der Waals surface area contributed by atoms with E-state index in [1.54, 1.807) is 0 Å². The first-order valence-corrected chi connectivity index (χ1v) is 13.2. The summed E-state index contributed by atoms with van der Waals surface area (Å²) in [5.74, 6) is 0. The summed E-state index contributed by atoms with van der Waals surface area (Å²) in [4.78, 5) is 0.360. The minimum Gasteiger partial charge on any atom is -0.396 e. The van der Waals surface area contributed by atoms with Gasteiger partial charge in [-0.15, -0.1) is 0 Å². The predicted molar refractivity (Wildman–Crippen MR) is 132 cm³/mol. The number of nitrogens with zero attached hydrogens (tertiary/aromatic N) is 3. The molecule has 0 saturated carbocycles. The molecular weight excluding hydrogens is 450 g/mol. The summed E-state index contributed by atoms with van der Waals surface area (Å²) in [5, 5.41) is 14.0. The zero-order valence-corrected chi connectivity index (χ0v) is 20.7. The van der Waals surface area contributed by atoms with Gasteiger partial charge in [0, 0.05) is 50.0 Å². The molecule has 2 heterocycles. The molecule has 1 aliphatic heterocycles. The summed E-state index contributed by atoms with van der Waals surface area (Å²) >= 11 is 0. The molecule has 1 aromatic heterocycles. The summed E-state index contributed by atoms with van der Waals surface area (Å²) in [6.45, 7) is 6.40. The average molecular weight is 484 g/mol. The molecule has 7 nitrogen and oxygen atoms in total. The van der Waals surface area contributed by atoms with E-state index >= 15 is 0 Å². The number of morpholine rings is 1. The molecule has 1 saturated heterocycles. The van der Waals surface area contributed by atoms with E-state index in [0.717, 1.165) is 47.3 Å². The van der Waals surface area contributed by atoms with Crippen LogP contribution >= 0.6 is 0 Å². The van der Waals surface area contributed by atoms with Gasteiger partial charge in [-0.2, -0.15) is 9.40 Å². The van der Waals surface area contributed by atoms with Gasteiger partial charge < -0.3 is 9.84 Å². The second kappa shape index (κ2) is 10.8. The highest BCUT2D eigenvalue weighted by atomic mass is 32.2. The zero-order valence-electron chi connectivity index (χ0n) is 19.9. The molecule has 0 aliphatic carbocycles. The molecule has 1 fully saturated rings. The number of benzene rings is 2. The van der Waals surface area contributed by atoms with Gasteiger partial charge in [-0.1, -0.05) is 42.0 Å². The number of sulfonamides is 1. The Morgan fingerprint density at radius 2 is 1.76 bits per heavy atom. The largest absolute Gasteiger partial charge is 0.396 e. The van der Waals surface area contributed by atoms with Crippen molar-refractivity contribution in [2.75, 3.05) is 32.9 Å². The van der Waals surface area contributed by atoms with Crippen LogP contribution < -0.4 is 0 Å². The SMILES string of the molecule is Cc1ccc(-c2nn(CCCCO)cc2Cc2ccc(C)c(S(=O)(=O)N3CCOCC3)c2)cc1. The van der Waals surface area contributed by atoms with E-state index in [2.05, 4.69) is 31.2 Å². The summed E-state index contributed by atoms with van der Waals surface area (Å²) in [6.07, 6.45) is 4.20. The summed E-state index contributed by atoms with van der Waals surface area (Å²) in [5.41, 5.74) is 5.85. The number of aliphatic hydroxyl groups is 1. The second-order valence-corrected chi connectivity index (χ2v) is 10.8. The Morgan fingerprint density at radius 3 is 2.47 bits per heavy atom. The lowest BCUT2D eigenvalue weighted by Crippen LogP contribution is -2.40. The molecule has 182 valence electrons. The lowest BCUT2D eigenvalue weighted by atomic mass is 10.0. The van der Waals surface area contributed by atoms with Crippen molar-refractivity contribution < 1.29 is 18.3 Å². The number of aromatic nitrogens is 2. The smallest absolute Gasteiger partial charge is 0.243 e. The normalized spacial score (nSPS) is 15.0. The number of unbranched alkanes of at least 4 members (excludes halogenated alkanes) is 1. The molecule has 2 aromatic carbocycles. The first-order chi connectivity index (χ1) is 16.4. The second-order valence-electron chi connectivity index (χ2n) is 8.86. The van der Waals surface area contributed by atoms with Crippen molar-refractivity contribution >= 4 is 10.0 Å². The summed E-state index contributed by atoms with van der Waals surface area (Å²) in [7, 11) is -3.58. The standard InChI is InChI=1S/C26H33N3O4S/c1-20-5-9-23(10-6-20)26-24(19-28(27-26)11-3-4-14-30)17-22-8-7-21(2)25(18-22)34(31,32)29-12-15-33-16-13-29/h5-10,18-19,30H,3-4,11-17H2,1-2H3. The predicted octanol–water partition coefficient (Wildman–Crippen LogP) is 3.55. The van der Waals surface area contributed by atoms with Crippen LogP contribution in [0.3, 0.4) is 0 Å². The van der Waals surface area contributed by atoms with Crippen molar-refractivity contribution in [3.63, 3.8) is 0 Å². The van der Waals surface area contributed by atoms with Gasteiger partial charge in [0.15, 0.2) is 0 Å². The topological polar surface area (TPSA) is 84.7 Å². The Kier molecular flexibility index (Phi) is 7.83. The molecule has 1 N–H and O–H groups in total. The minimum atomic E-state index is -3.58. The number of aliphatic hydroxyl groups excluding tert-OH is 1. The van der Waals surface area contributed by atoms with Crippen LogP contribution in [0, 0.1) is 13.8 Å². The van der Waals surface area contributed by atoms with Crippen LogP contribution in [0.4, 0.5) is 0 Å². The van der Waals surface area contributed by atoms with Crippen molar-refractivity contribution in [3.05, 3.63) is 70.9 Å². The van der Waals surface area contributed by atoms with Gasteiger partial charge in [0.05, 0.1) is 23.8 Å². The van der Waals surface area contributed by atoms with Crippen molar-refractivity contribution in [3.8, 4) is 11.3 Å². The number of rotatable bonds is 9. The van der Waals surface area contributed by atoms with Crippen LogP contribution in [0.1, 0.15) is 35.1 Å². The molecular formula is C26H33N3O4S. The molecule has 0 unspecified atom stereocenters. The quantitative estimate of drug-likeness (QED) is 0.471. The molecule has 8 heteroatoms. The highest BCUT2D eigenvalue weighted by Gasteiger charge is 2.28. The van der Waals surface area contributed by atoms with Crippen LogP contribution in [0.5, 0.6) is 0 Å². The number of ether oxygens (including phenoxy) is 1. The molecule has 0 bridgehead atoms. The Bertz CT molecular complexity index is 1210. The van der Waals surface area contributed by atoms with Crippen molar-refractivity contribution in [1.82, 2.24) is 14.1 Å². The van der Waals surface area contributed by atoms with Crippen LogP contribution in [0.25, 0.3) is 11.3 Å². The Morgan fingerprint density at radius 1 is 1.03 bits per heavy atom. The first kappa shape index (κ1) is 24.6. The average Bonchev–Trinajstić information content (AvgIpc) is 3.24. The van der Waals surface area contributed by atoms with Crippen molar-refractivity contribution in [2.45, 2.75) is 44.6 Å². The van der Waals surface area contributed by atoms with Crippen LogP contribution in [0.15, 0.2) is 53.6 Å². The molecule has 0 radical (unpaired) electrons. The molecule has 4 rings (SSSR count). The minimum absolute atomic E-state index is 0.169. The third-order valence-electron chi connectivity index (χ3n) is 6.19. The number of aryl methyl sites for hydroxylation is 3. The lowest BCUT2D eigenvalue weighted by Gasteiger charge is -2.26. The highest BCUT2D eigenvalue weighted by molar-refractivity contribution is 7.89. The Labute approximate surface area is 202 Å². The van der Waals surface area contributed by atoms with Gasteiger partial charge in [-0.05, 0) is 43.9 Å². The van der Waals surface area contributed by atoms with E-state index in [9.17, 15) is 8.42 Å². The first-order valence-electron chi connectivity index (χ1n) is 11.8. The van der Waals surface area contributed by atoms with E-state index in [1.807, 2.05) is 36.0 Å². The van der Waals surface area contributed by atoms with E-state index in [-0.39, 0.29) is 6.61 Å². The highest BCUT2D eigenvalue weighted by Crippen LogP contribution is 2.28. The monoisotopic (exact) mass is 483 g/mol. The van der Waals surface area contributed by atoms with Crippen LogP contribution in [-0.2, 0) is 27.7 Å². The maximum absolute atomic E-state index is 13.3. The molecule has 3 aromatic rings. The third kappa shape index (κ3) is 5.58. The van der Waals surface area contributed by atoms with Crippen LogP contribution in [-0.4, -0.2) is 60.5 Å². The maximum Gasteiger partial charge on any atom is 0.243 e. The van der Waals surface area contributed by atoms with Gasteiger partial charge in [0.25, 0.3) is 0 Å². The molecule has 0 amide bonds. The Hall–Kier alpha value is -2.52. The fraction of sp³-hybridized carbons (Fsp3) is 0.423. The van der Waals surface area contributed by atoms with E-state index in [4.69, 9.17) is 14.9 Å². The third-order valence-corrected chi connectivity index (χ3v) is 8.23. The molecule has 34 heavy (non-hydrogen) atoms. The fourth-order valence-corrected chi connectivity index (χ4v) is 5.91. The number of hydrogen-bond donors (Lipinski definition) is 1. The maximum atomic E-state index is 13.3. The summed E-state index contributed by atoms with van der Waals surface area (Å²) < 4.78 is 35.4. The van der Waals surface area contributed by atoms with Gasteiger partial charge in [-0.3, -0.25) is 4.68 Å². The van der Waals surface area contributed by atoms with Crippen LogP contribution in [0.2, 0.25) is 0 Å². The number of hydrogen-bond acceptors (Lipinski definition) is 5. The molecule has 0 atom stereocenters. The van der Waals surface area contributed by atoms with E-state index in [1.165, 1.54) is 9.87 Å².